The first-order valence-electron chi connectivity index (χ1n) is 9.03. The van der Waals surface area contributed by atoms with Crippen molar-refractivity contribution in [3.63, 3.8) is 0 Å². The third kappa shape index (κ3) is 3.98. The first-order valence-corrected chi connectivity index (χ1v) is 9.03. The first-order chi connectivity index (χ1) is 13.4. The molecule has 4 amide bonds. The van der Waals surface area contributed by atoms with Crippen molar-refractivity contribution in [1.82, 2.24) is 15.5 Å². The summed E-state index contributed by atoms with van der Waals surface area (Å²) in [5.41, 5.74) is 0.455. The van der Waals surface area contributed by atoms with E-state index in [-0.39, 0.29) is 12.5 Å². The van der Waals surface area contributed by atoms with Crippen LogP contribution in [-0.4, -0.2) is 42.9 Å². The van der Waals surface area contributed by atoms with Gasteiger partial charge in [0.2, 0.25) is 5.91 Å². The van der Waals surface area contributed by atoms with Gasteiger partial charge in [-0.05, 0) is 36.6 Å². The Morgan fingerprint density at radius 2 is 1.89 bits per heavy atom. The molecule has 0 aliphatic carbocycles. The van der Waals surface area contributed by atoms with Crippen molar-refractivity contribution in [3.8, 4) is 5.75 Å². The fraction of sp³-hybridized carbons (Fsp3) is 0.286. The number of ether oxygens (including phenoxy) is 1. The Morgan fingerprint density at radius 3 is 2.61 bits per heavy atom. The third-order valence-corrected chi connectivity index (χ3v) is 4.80. The van der Waals surface area contributed by atoms with Gasteiger partial charge in [-0.1, -0.05) is 42.5 Å². The maximum Gasteiger partial charge on any atom is 0.325 e. The summed E-state index contributed by atoms with van der Waals surface area (Å²) in [5, 5.41) is 5.44. The van der Waals surface area contributed by atoms with Gasteiger partial charge in [-0.3, -0.25) is 14.5 Å². The molecule has 28 heavy (non-hydrogen) atoms. The second kappa shape index (κ2) is 8.12. The summed E-state index contributed by atoms with van der Waals surface area (Å²) in [6.07, 6.45) is 0.675. The van der Waals surface area contributed by atoms with Crippen molar-refractivity contribution in [3.05, 3.63) is 65.7 Å². The van der Waals surface area contributed by atoms with Crippen LogP contribution in [0.25, 0.3) is 0 Å². The molecule has 0 unspecified atom stereocenters. The van der Waals surface area contributed by atoms with E-state index >= 15 is 0 Å². The van der Waals surface area contributed by atoms with E-state index in [4.69, 9.17) is 4.74 Å². The molecule has 146 valence electrons. The van der Waals surface area contributed by atoms with Gasteiger partial charge >= 0.3 is 6.03 Å². The van der Waals surface area contributed by atoms with E-state index in [0.717, 1.165) is 10.5 Å². The SMILES string of the molecule is COc1cccc([C@]2(C)NC(=O)N(CC(=O)NCCc3ccccc3)C2=O)c1. The maximum absolute atomic E-state index is 12.9. The Kier molecular flexibility index (Phi) is 5.63. The van der Waals surface area contributed by atoms with Gasteiger partial charge in [-0.25, -0.2) is 4.79 Å². The van der Waals surface area contributed by atoms with Gasteiger partial charge in [0.15, 0.2) is 0 Å². The monoisotopic (exact) mass is 381 g/mol. The van der Waals surface area contributed by atoms with Crippen LogP contribution in [0.15, 0.2) is 54.6 Å². The smallest absolute Gasteiger partial charge is 0.325 e. The van der Waals surface area contributed by atoms with Crippen LogP contribution >= 0.6 is 0 Å². The Morgan fingerprint density at radius 1 is 1.14 bits per heavy atom. The highest BCUT2D eigenvalue weighted by molar-refractivity contribution is 6.09. The van der Waals surface area contributed by atoms with E-state index in [0.29, 0.717) is 24.3 Å². The lowest BCUT2D eigenvalue weighted by molar-refractivity contribution is -0.134. The number of rotatable bonds is 7. The summed E-state index contributed by atoms with van der Waals surface area (Å²) in [4.78, 5) is 38.4. The van der Waals surface area contributed by atoms with Gasteiger partial charge in [0.05, 0.1) is 7.11 Å². The fourth-order valence-electron chi connectivity index (χ4n) is 3.16. The van der Waals surface area contributed by atoms with Crippen LogP contribution in [0.1, 0.15) is 18.1 Å². The first kappa shape index (κ1) is 19.4. The summed E-state index contributed by atoms with van der Waals surface area (Å²) < 4.78 is 5.19. The molecule has 0 radical (unpaired) electrons. The van der Waals surface area contributed by atoms with E-state index in [1.807, 2.05) is 30.3 Å². The minimum atomic E-state index is -1.24. The molecular weight excluding hydrogens is 358 g/mol. The number of carbonyl (C=O) groups excluding carboxylic acids is 3. The van der Waals surface area contributed by atoms with E-state index < -0.39 is 17.5 Å². The zero-order chi connectivity index (χ0) is 20.1. The molecule has 7 heteroatoms. The number of methoxy groups -OCH3 is 1. The molecule has 0 spiro atoms. The normalized spacial score (nSPS) is 18.7. The molecule has 2 aromatic carbocycles. The van der Waals surface area contributed by atoms with Gasteiger partial charge in [0.1, 0.15) is 17.8 Å². The van der Waals surface area contributed by atoms with Crippen LogP contribution in [0.5, 0.6) is 5.75 Å². The lowest BCUT2D eigenvalue weighted by Gasteiger charge is -2.22. The second-order valence-corrected chi connectivity index (χ2v) is 6.76. The number of nitrogens with zero attached hydrogens (tertiary/aromatic N) is 1. The highest BCUT2D eigenvalue weighted by Crippen LogP contribution is 2.30. The highest BCUT2D eigenvalue weighted by Gasteiger charge is 2.49. The minimum Gasteiger partial charge on any atom is -0.497 e. The van der Waals surface area contributed by atoms with Crippen LogP contribution in [0, 0.1) is 0 Å². The Balaban J connectivity index is 1.62. The molecular formula is C21H23N3O4. The van der Waals surface area contributed by atoms with E-state index in [9.17, 15) is 14.4 Å². The van der Waals surface area contributed by atoms with E-state index in [1.54, 1.807) is 31.2 Å². The number of hydrogen-bond donors (Lipinski definition) is 2. The largest absolute Gasteiger partial charge is 0.497 e. The number of imide groups is 1. The standard InChI is InChI=1S/C21H23N3O4/c1-21(16-9-6-10-17(13-16)28-2)19(26)24(20(27)23-21)14-18(25)22-12-11-15-7-4-3-5-8-15/h3-10,13H,11-12,14H2,1-2H3,(H,22,25)(H,23,27)/t21-/m0/s1. The molecule has 1 aliphatic heterocycles. The predicted molar refractivity (Wildman–Crippen MR) is 104 cm³/mol. The molecule has 1 saturated heterocycles. The van der Waals surface area contributed by atoms with E-state index in [2.05, 4.69) is 10.6 Å². The lowest BCUT2D eigenvalue weighted by Crippen LogP contribution is -2.43. The van der Waals surface area contributed by atoms with Crippen molar-refractivity contribution >= 4 is 17.8 Å². The molecule has 2 aromatic rings. The van der Waals surface area contributed by atoms with Crippen LogP contribution in [0.4, 0.5) is 4.79 Å². The lowest BCUT2D eigenvalue weighted by atomic mass is 9.92. The zero-order valence-corrected chi connectivity index (χ0v) is 15.9. The number of hydrogen-bond acceptors (Lipinski definition) is 4. The summed E-state index contributed by atoms with van der Waals surface area (Å²) in [5.74, 6) is -0.267. The molecule has 1 atom stereocenters. The third-order valence-electron chi connectivity index (χ3n) is 4.80. The van der Waals surface area contributed by atoms with E-state index in [1.165, 1.54) is 7.11 Å². The summed E-state index contributed by atoms with van der Waals surface area (Å²) in [6.45, 7) is 1.73. The molecule has 2 N–H and O–H groups in total. The second-order valence-electron chi connectivity index (χ2n) is 6.76. The molecule has 1 fully saturated rings. The van der Waals surface area contributed by atoms with Gasteiger partial charge in [0.25, 0.3) is 5.91 Å². The van der Waals surface area contributed by atoms with Crippen LogP contribution < -0.4 is 15.4 Å². The van der Waals surface area contributed by atoms with Crippen molar-refractivity contribution in [2.24, 2.45) is 0 Å². The number of urea groups is 1. The van der Waals surface area contributed by atoms with Crippen LogP contribution in [0.3, 0.4) is 0 Å². The van der Waals surface area contributed by atoms with Crippen molar-refractivity contribution in [2.75, 3.05) is 20.2 Å². The quantitative estimate of drug-likeness (QED) is 0.716. The topological polar surface area (TPSA) is 87.7 Å². The number of nitrogens with one attached hydrogen (secondary N) is 2. The number of amides is 4. The average Bonchev–Trinajstić information content (AvgIpc) is 2.93. The summed E-state index contributed by atoms with van der Waals surface area (Å²) in [6, 6.07) is 16.1. The summed E-state index contributed by atoms with van der Waals surface area (Å²) in [7, 11) is 1.53. The predicted octanol–water partition coefficient (Wildman–Crippen LogP) is 1.82. The highest BCUT2D eigenvalue weighted by atomic mass is 16.5. The maximum atomic E-state index is 12.9. The van der Waals surface area contributed by atoms with Crippen molar-refractivity contribution < 1.29 is 19.1 Å². The Bertz CT molecular complexity index is 884. The molecule has 0 bridgehead atoms. The molecule has 1 heterocycles. The summed E-state index contributed by atoms with van der Waals surface area (Å²) >= 11 is 0. The molecule has 0 saturated carbocycles. The van der Waals surface area contributed by atoms with Crippen molar-refractivity contribution in [1.29, 1.82) is 0 Å². The molecule has 0 aromatic heterocycles. The molecule has 3 rings (SSSR count). The number of carbonyl (C=O) groups is 3. The van der Waals surface area contributed by atoms with Gasteiger partial charge < -0.3 is 15.4 Å². The van der Waals surface area contributed by atoms with Gasteiger partial charge in [0, 0.05) is 6.54 Å². The van der Waals surface area contributed by atoms with Crippen LogP contribution in [-0.2, 0) is 21.5 Å². The number of benzene rings is 2. The van der Waals surface area contributed by atoms with Gasteiger partial charge in [-0.2, -0.15) is 0 Å². The Hall–Kier alpha value is -3.35. The van der Waals surface area contributed by atoms with Crippen LogP contribution in [0.2, 0.25) is 0 Å². The average molecular weight is 381 g/mol. The van der Waals surface area contributed by atoms with Gasteiger partial charge in [-0.15, -0.1) is 0 Å². The Labute approximate surface area is 163 Å². The zero-order valence-electron chi connectivity index (χ0n) is 15.9. The van der Waals surface area contributed by atoms with Crippen molar-refractivity contribution in [2.45, 2.75) is 18.9 Å². The minimum absolute atomic E-state index is 0.320. The fourth-order valence-corrected chi connectivity index (χ4v) is 3.16. The molecule has 1 aliphatic rings. The molecule has 7 nitrogen and oxygen atoms in total.